The van der Waals surface area contributed by atoms with Crippen molar-refractivity contribution in [3.8, 4) is 0 Å². The highest BCUT2D eigenvalue weighted by molar-refractivity contribution is 5.75. The summed E-state index contributed by atoms with van der Waals surface area (Å²) in [4.78, 5) is 0. The summed E-state index contributed by atoms with van der Waals surface area (Å²) in [7, 11) is 0. The van der Waals surface area contributed by atoms with Gasteiger partial charge < -0.3 is 0 Å². The Hall–Kier alpha value is -2.09. The minimum absolute atomic E-state index is 0. The van der Waals surface area contributed by atoms with Gasteiger partial charge in [0, 0.05) is 23.1 Å². The van der Waals surface area contributed by atoms with Crippen LogP contribution in [0.3, 0.4) is 0 Å². The Kier molecular flexibility index (Phi) is 16.0. The van der Waals surface area contributed by atoms with Crippen LogP contribution in [0.5, 0.6) is 0 Å². The summed E-state index contributed by atoms with van der Waals surface area (Å²) in [6.07, 6.45) is 38.4. The minimum Gasteiger partial charge on any atom is -0.0696 e. The summed E-state index contributed by atoms with van der Waals surface area (Å²) in [6, 6.07) is 0. The smallest absolute Gasteiger partial charge is 0 e. The van der Waals surface area contributed by atoms with Crippen molar-refractivity contribution < 1.29 is 0 Å². The first kappa shape index (κ1) is 36.9. The standard InChI is InChI=1S/C40H56.Mg/c1-31(19-13-21-33(3)25-27-37-35(5)23-15-29-39(37,7)8)17-11-12-18-32(2)20-14-22-34(4)26-28-38-36(6)24-16-30-40(38,9)10;/h11-14,17-22,25-28H,15-16,23-24,29-30H2,1-10H3;/b12-11+,19-13+,20-14+,27-25+,28-26+,31-17+,32-18+,33-21+,34-22+;. The zero-order valence-corrected chi connectivity index (χ0v) is 29.4. The number of allylic oxidation sites excluding steroid dienone is 22. The maximum Gasteiger partial charge on any atom is 0 e. The Morgan fingerprint density at radius 1 is 0.512 bits per heavy atom. The van der Waals surface area contributed by atoms with Crippen molar-refractivity contribution in [1.29, 1.82) is 0 Å². The molecule has 0 saturated heterocycles. The molecule has 41 heavy (non-hydrogen) atoms. The van der Waals surface area contributed by atoms with Crippen molar-refractivity contribution in [3.05, 3.63) is 130 Å². The quantitative estimate of drug-likeness (QED) is 0.184. The van der Waals surface area contributed by atoms with E-state index in [0.29, 0.717) is 10.8 Å². The average molecular weight is 561 g/mol. The van der Waals surface area contributed by atoms with Gasteiger partial charge in [-0.05, 0) is 102 Å². The first-order valence-corrected chi connectivity index (χ1v) is 15.3. The third-order valence-electron chi connectivity index (χ3n) is 8.38. The van der Waals surface area contributed by atoms with Crippen molar-refractivity contribution >= 4 is 23.1 Å². The molecule has 1 heteroatoms. The van der Waals surface area contributed by atoms with Crippen LogP contribution in [-0.2, 0) is 0 Å². The van der Waals surface area contributed by atoms with E-state index in [1.807, 2.05) is 0 Å². The second-order valence-electron chi connectivity index (χ2n) is 13.3. The van der Waals surface area contributed by atoms with Gasteiger partial charge in [0.1, 0.15) is 0 Å². The molecule has 2 radical (unpaired) electrons. The van der Waals surface area contributed by atoms with E-state index in [4.69, 9.17) is 0 Å². The van der Waals surface area contributed by atoms with Crippen LogP contribution >= 0.6 is 0 Å². The summed E-state index contributed by atoms with van der Waals surface area (Å²) < 4.78 is 0. The van der Waals surface area contributed by atoms with Crippen LogP contribution in [0.4, 0.5) is 0 Å². The minimum atomic E-state index is 0. The van der Waals surface area contributed by atoms with E-state index in [1.165, 1.54) is 72.0 Å². The Morgan fingerprint density at radius 2 is 0.829 bits per heavy atom. The maximum absolute atomic E-state index is 2.37. The van der Waals surface area contributed by atoms with Crippen molar-refractivity contribution in [2.24, 2.45) is 10.8 Å². The van der Waals surface area contributed by atoms with Crippen LogP contribution in [0, 0.1) is 10.8 Å². The normalized spacial score (nSPS) is 21.4. The van der Waals surface area contributed by atoms with Crippen LogP contribution < -0.4 is 0 Å². The summed E-state index contributed by atoms with van der Waals surface area (Å²) >= 11 is 0. The lowest BCUT2D eigenvalue weighted by Crippen LogP contribution is -2.19. The Balaban J connectivity index is 0.00000840. The zero-order valence-electron chi connectivity index (χ0n) is 28.0. The van der Waals surface area contributed by atoms with E-state index in [2.05, 4.69) is 154 Å². The third-order valence-corrected chi connectivity index (χ3v) is 8.38. The molecule has 0 aromatic rings. The Labute approximate surface area is 270 Å². The van der Waals surface area contributed by atoms with Gasteiger partial charge in [-0.25, -0.2) is 0 Å². The topological polar surface area (TPSA) is 0 Å². The molecular formula is C40H56Mg. The fourth-order valence-electron chi connectivity index (χ4n) is 5.79. The molecule has 218 valence electrons. The van der Waals surface area contributed by atoms with Crippen LogP contribution in [0.1, 0.15) is 108 Å². The van der Waals surface area contributed by atoms with Crippen molar-refractivity contribution in [3.63, 3.8) is 0 Å². The Bertz CT molecular complexity index is 1120. The maximum atomic E-state index is 2.37. The van der Waals surface area contributed by atoms with Gasteiger partial charge in [-0.2, -0.15) is 0 Å². The molecule has 2 aliphatic carbocycles. The van der Waals surface area contributed by atoms with Gasteiger partial charge >= 0.3 is 0 Å². The molecular weight excluding hydrogens is 505 g/mol. The largest absolute Gasteiger partial charge is 0.0696 e. The SMILES string of the molecule is CC1=C(/C=C/C(C)=C/C=C/C(C)=C/C=C/C=C(C)/C=C/C=C(C)/C=C/C2=C(C)CCCC2(C)C)C(C)(C)CCC1.[Mg]. The molecule has 0 nitrogen and oxygen atoms in total. The lowest BCUT2D eigenvalue weighted by atomic mass is 9.72. The van der Waals surface area contributed by atoms with Crippen LogP contribution in [-0.4, -0.2) is 23.1 Å². The average Bonchev–Trinajstić information content (AvgIpc) is 2.85. The molecule has 0 bridgehead atoms. The molecule has 0 fully saturated rings. The second kappa shape index (κ2) is 17.8. The van der Waals surface area contributed by atoms with Crippen molar-refractivity contribution in [2.75, 3.05) is 0 Å². The van der Waals surface area contributed by atoms with E-state index in [1.54, 1.807) is 11.1 Å². The molecule has 0 saturated carbocycles. The second-order valence-corrected chi connectivity index (χ2v) is 13.3. The number of hydrogen-bond donors (Lipinski definition) is 0. The van der Waals surface area contributed by atoms with Gasteiger partial charge in [0.15, 0.2) is 0 Å². The van der Waals surface area contributed by atoms with E-state index in [0.717, 1.165) is 0 Å². The molecule has 0 heterocycles. The van der Waals surface area contributed by atoms with E-state index >= 15 is 0 Å². The first-order valence-electron chi connectivity index (χ1n) is 15.3. The van der Waals surface area contributed by atoms with Crippen molar-refractivity contribution in [1.82, 2.24) is 0 Å². The number of rotatable bonds is 10. The molecule has 0 aromatic heterocycles. The van der Waals surface area contributed by atoms with E-state index in [-0.39, 0.29) is 23.1 Å². The summed E-state index contributed by atoms with van der Waals surface area (Å²) in [5.41, 5.74) is 11.7. The lowest BCUT2D eigenvalue weighted by Gasteiger charge is -2.33. The highest BCUT2D eigenvalue weighted by Crippen LogP contribution is 2.41. The molecule has 0 spiro atoms. The van der Waals surface area contributed by atoms with Crippen molar-refractivity contribution in [2.45, 2.75) is 108 Å². The molecule has 0 unspecified atom stereocenters. The summed E-state index contributed by atoms with van der Waals surface area (Å²) in [6.45, 7) is 22.7. The summed E-state index contributed by atoms with van der Waals surface area (Å²) in [5.74, 6) is 0. The molecule has 0 aromatic carbocycles. The van der Waals surface area contributed by atoms with Gasteiger partial charge in [0.2, 0.25) is 0 Å². The highest BCUT2D eigenvalue weighted by Gasteiger charge is 2.27. The molecule has 0 amide bonds. The fraction of sp³-hybridized carbons (Fsp3) is 0.450. The molecule has 0 aliphatic heterocycles. The third kappa shape index (κ3) is 13.2. The predicted molar refractivity (Wildman–Crippen MR) is 187 cm³/mol. The van der Waals surface area contributed by atoms with Gasteiger partial charge in [-0.1, -0.05) is 146 Å². The van der Waals surface area contributed by atoms with E-state index < -0.39 is 0 Å². The zero-order chi connectivity index (χ0) is 29.8. The van der Waals surface area contributed by atoms with Crippen LogP contribution in [0.2, 0.25) is 0 Å². The van der Waals surface area contributed by atoms with Crippen LogP contribution in [0.15, 0.2) is 130 Å². The monoisotopic (exact) mass is 560 g/mol. The highest BCUT2D eigenvalue weighted by atomic mass is 24.3. The molecule has 2 aliphatic rings. The fourth-order valence-corrected chi connectivity index (χ4v) is 5.79. The van der Waals surface area contributed by atoms with Gasteiger partial charge in [-0.15, -0.1) is 0 Å². The molecule has 0 atom stereocenters. The van der Waals surface area contributed by atoms with Crippen LogP contribution in [0.25, 0.3) is 0 Å². The number of hydrogen-bond acceptors (Lipinski definition) is 0. The molecule has 0 N–H and O–H groups in total. The molecule has 2 rings (SSSR count). The van der Waals surface area contributed by atoms with Gasteiger partial charge in [-0.3, -0.25) is 0 Å². The summed E-state index contributed by atoms with van der Waals surface area (Å²) in [5, 5.41) is 0. The van der Waals surface area contributed by atoms with Gasteiger partial charge in [0.25, 0.3) is 0 Å². The lowest BCUT2D eigenvalue weighted by molar-refractivity contribution is 0.376. The predicted octanol–water partition coefficient (Wildman–Crippen LogP) is 12.2. The van der Waals surface area contributed by atoms with Gasteiger partial charge in [0.05, 0.1) is 0 Å². The van der Waals surface area contributed by atoms with E-state index in [9.17, 15) is 0 Å². The Morgan fingerprint density at radius 3 is 1.17 bits per heavy atom. The first-order chi connectivity index (χ1) is 18.8.